The average molecular weight is 248 g/mol. The van der Waals surface area contributed by atoms with Crippen molar-refractivity contribution in [1.29, 1.82) is 0 Å². The van der Waals surface area contributed by atoms with E-state index in [0.717, 1.165) is 19.1 Å². The van der Waals surface area contributed by atoms with Crippen molar-refractivity contribution in [2.24, 2.45) is 5.92 Å². The number of aldehydes is 1. The Morgan fingerprint density at radius 3 is 2.78 bits per heavy atom. The van der Waals surface area contributed by atoms with Gasteiger partial charge in [0.1, 0.15) is 6.29 Å². The fraction of sp³-hybridized carbons (Fsp3) is 0.533. The van der Waals surface area contributed by atoms with E-state index in [0.29, 0.717) is 23.0 Å². The van der Waals surface area contributed by atoms with Crippen LogP contribution in [-0.4, -0.2) is 19.5 Å². The maximum absolute atomic E-state index is 10.8. The lowest BCUT2D eigenvalue weighted by Crippen LogP contribution is -2.24. The van der Waals surface area contributed by atoms with E-state index >= 15 is 0 Å². The number of methoxy groups -OCH3 is 1. The van der Waals surface area contributed by atoms with E-state index in [9.17, 15) is 4.79 Å². The molecule has 0 N–H and O–H groups in total. The van der Waals surface area contributed by atoms with Crippen molar-refractivity contribution in [3.63, 3.8) is 0 Å². The van der Waals surface area contributed by atoms with Gasteiger partial charge in [0.05, 0.1) is 13.2 Å². The molecule has 1 fully saturated rings. The Labute approximate surface area is 108 Å². The van der Waals surface area contributed by atoms with Crippen molar-refractivity contribution in [3.8, 4) is 11.5 Å². The number of ether oxygens (including phenoxy) is 2. The van der Waals surface area contributed by atoms with E-state index < -0.39 is 0 Å². The first-order chi connectivity index (χ1) is 8.72. The third kappa shape index (κ3) is 3.03. The van der Waals surface area contributed by atoms with Gasteiger partial charge in [-0.15, -0.1) is 0 Å². The maximum Gasteiger partial charge on any atom is 0.162 e. The van der Waals surface area contributed by atoms with Crippen LogP contribution >= 0.6 is 0 Å². The van der Waals surface area contributed by atoms with Gasteiger partial charge in [-0.2, -0.15) is 0 Å². The lowest BCUT2D eigenvalue weighted by Gasteiger charge is -2.28. The van der Waals surface area contributed by atoms with Gasteiger partial charge >= 0.3 is 0 Å². The van der Waals surface area contributed by atoms with Gasteiger partial charge in [-0.25, -0.2) is 0 Å². The predicted molar refractivity (Wildman–Crippen MR) is 70.4 cm³/mol. The van der Waals surface area contributed by atoms with Crippen LogP contribution in [0.25, 0.3) is 0 Å². The third-order valence-electron chi connectivity index (χ3n) is 3.51. The summed E-state index contributed by atoms with van der Waals surface area (Å²) in [5.74, 6) is 2.09. The van der Waals surface area contributed by atoms with Crippen molar-refractivity contribution in [2.75, 3.05) is 7.11 Å². The summed E-state index contributed by atoms with van der Waals surface area (Å²) in [6, 6.07) is 5.28. The second-order valence-electron chi connectivity index (χ2n) is 5.04. The standard InChI is InChI=1S/C15H20O3/c1-11-4-3-5-13(8-11)18-15-9-12(10-16)6-7-14(15)17-2/h6-7,9-11,13H,3-5,8H2,1-2H3. The van der Waals surface area contributed by atoms with E-state index in [2.05, 4.69) is 6.92 Å². The van der Waals surface area contributed by atoms with Gasteiger partial charge in [-0.1, -0.05) is 13.3 Å². The average Bonchev–Trinajstić information content (AvgIpc) is 2.38. The van der Waals surface area contributed by atoms with Crippen LogP contribution in [0.3, 0.4) is 0 Å². The Morgan fingerprint density at radius 1 is 1.28 bits per heavy atom. The van der Waals surface area contributed by atoms with Gasteiger partial charge in [0, 0.05) is 5.56 Å². The SMILES string of the molecule is COc1ccc(C=O)cc1OC1CCCC(C)C1. The van der Waals surface area contributed by atoms with E-state index in [-0.39, 0.29) is 6.10 Å². The molecule has 0 heterocycles. The monoisotopic (exact) mass is 248 g/mol. The minimum absolute atomic E-state index is 0.240. The van der Waals surface area contributed by atoms with Gasteiger partial charge in [0.2, 0.25) is 0 Å². The molecule has 1 aromatic rings. The Morgan fingerprint density at radius 2 is 2.11 bits per heavy atom. The molecule has 1 aliphatic rings. The van der Waals surface area contributed by atoms with Crippen molar-refractivity contribution in [1.82, 2.24) is 0 Å². The maximum atomic E-state index is 10.8. The molecule has 1 saturated carbocycles. The summed E-state index contributed by atoms with van der Waals surface area (Å²) in [7, 11) is 1.62. The summed E-state index contributed by atoms with van der Waals surface area (Å²) in [6.07, 6.45) is 5.72. The lowest BCUT2D eigenvalue weighted by molar-refractivity contribution is 0.111. The number of carbonyl (C=O) groups excluding carboxylic acids is 1. The Kier molecular flexibility index (Phi) is 4.24. The summed E-state index contributed by atoms with van der Waals surface area (Å²) in [4.78, 5) is 10.8. The van der Waals surface area contributed by atoms with Crippen LogP contribution in [0.4, 0.5) is 0 Å². The molecule has 0 spiro atoms. The highest BCUT2D eigenvalue weighted by Gasteiger charge is 2.21. The largest absolute Gasteiger partial charge is 0.493 e. The first-order valence-electron chi connectivity index (χ1n) is 6.52. The summed E-state index contributed by atoms with van der Waals surface area (Å²) >= 11 is 0. The van der Waals surface area contributed by atoms with Crippen molar-refractivity contribution >= 4 is 6.29 Å². The normalized spacial score (nSPS) is 23.4. The molecule has 0 saturated heterocycles. The van der Waals surface area contributed by atoms with Crippen LogP contribution in [-0.2, 0) is 0 Å². The number of carbonyl (C=O) groups is 1. The van der Waals surface area contributed by atoms with E-state index in [1.165, 1.54) is 12.8 Å². The number of hydrogen-bond acceptors (Lipinski definition) is 3. The second kappa shape index (κ2) is 5.89. The summed E-state index contributed by atoms with van der Waals surface area (Å²) in [5.41, 5.74) is 0.620. The van der Waals surface area contributed by atoms with E-state index in [1.807, 2.05) is 0 Å². The minimum Gasteiger partial charge on any atom is -0.493 e. The van der Waals surface area contributed by atoms with Crippen LogP contribution in [0.5, 0.6) is 11.5 Å². The molecule has 3 heteroatoms. The zero-order chi connectivity index (χ0) is 13.0. The molecule has 1 aromatic carbocycles. The lowest BCUT2D eigenvalue weighted by atomic mass is 9.89. The van der Waals surface area contributed by atoms with Gasteiger partial charge in [0.25, 0.3) is 0 Å². The first-order valence-corrected chi connectivity index (χ1v) is 6.52. The third-order valence-corrected chi connectivity index (χ3v) is 3.51. The topological polar surface area (TPSA) is 35.5 Å². The van der Waals surface area contributed by atoms with Gasteiger partial charge < -0.3 is 9.47 Å². The van der Waals surface area contributed by atoms with Crippen LogP contribution in [0, 0.1) is 5.92 Å². The van der Waals surface area contributed by atoms with E-state index in [1.54, 1.807) is 25.3 Å². The highest BCUT2D eigenvalue weighted by Crippen LogP contribution is 2.33. The zero-order valence-electron chi connectivity index (χ0n) is 11.0. The molecule has 0 aliphatic heterocycles. The van der Waals surface area contributed by atoms with Crippen LogP contribution < -0.4 is 9.47 Å². The molecular weight excluding hydrogens is 228 g/mol. The molecule has 2 unspecified atom stereocenters. The van der Waals surface area contributed by atoms with E-state index in [4.69, 9.17) is 9.47 Å². The highest BCUT2D eigenvalue weighted by atomic mass is 16.5. The van der Waals surface area contributed by atoms with Crippen LogP contribution in [0.1, 0.15) is 43.0 Å². The summed E-state index contributed by atoms with van der Waals surface area (Å²) in [5, 5.41) is 0. The molecular formula is C15H20O3. The van der Waals surface area contributed by atoms with Crippen molar-refractivity contribution < 1.29 is 14.3 Å². The minimum atomic E-state index is 0.240. The first kappa shape index (κ1) is 12.9. The molecule has 18 heavy (non-hydrogen) atoms. The zero-order valence-corrected chi connectivity index (χ0v) is 11.0. The van der Waals surface area contributed by atoms with Crippen LogP contribution in [0.15, 0.2) is 18.2 Å². The molecule has 1 aliphatic carbocycles. The Bertz CT molecular complexity index is 414. The summed E-state index contributed by atoms with van der Waals surface area (Å²) < 4.78 is 11.3. The summed E-state index contributed by atoms with van der Waals surface area (Å²) in [6.45, 7) is 2.26. The van der Waals surface area contributed by atoms with Gasteiger partial charge in [-0.3, -0.25) is 4.79 Å². The molecule has 2 atom stereocenters. The second-order valence-corrected chi connectivity index (χ2v) is 5.04. The molecule has 0 radical (unpaired) electrons. The molecule has 2 rings (SSSR count). The van der Waals surface area contributed by atoms with Gasteiger partial charge in [0.15, 0.2) is 11.5 Å². The quantitative estimate of drug-likeness (QED) is 0.765. The van der Waals surface area contributed by atoms with Crippen molar-refractivity contribution in [2.45, 2.75) is 38.7 Å². The molecule has 0 bridgehead atoms. The number of hydrogen-bond donors (Lipinski definition) is 0. The Balaban J connectivity index is 2.13. The van der Waals surface area contributed by atoms with Crippen molar-refractivity contribution in [3.05, 3.63) is 23.8 Å². The molecule has 0 aromatic heterocycles. The fourth-order valence-corrected chi connectivity index (χ4v) is 2.52. The molecule has 98 valence electrons. The number of benzene rings is 1. The Hall–Kier alpha value is -1.51. The van der Waals surface area contributed by atoms with Crippen LogP contribution in [0.2, 0.25) is 0 Å². The predicted octanol–water partition coefficient (Wildman–Crippen LogP) is 3.47. The van der Waals surface area contributed by atoms with Gasteiger partial charge in [-0.05, 0) is 43.4 Å². The molecule has 0 amide bonds. The highest BCUT2D eigenvalue weighted by molar-refractivity contribution is 5.76. The fourth-order valence-electron chi connectivity index (χ4n) is 2.52. The molecule has 3 nitrogen and oxygen atoms in total. The smallest absolute Gasteiger partial charge is 0.162 e. The number of rotatable bonds is 4.